The molecule has 5 heteroatoms. The second kappa shape index (κ2) is 7.02. The summed E-state index contributed by atoms with van der Waals surface area (Å²) in [6, 6.07) is 7.63. The molecule has 0 saturated heterocycles. The average Bonchev–Trinajstić information content (AvgIpc) is 2.96. The van der Waals surface area contributed by atoms with E-state index in [1.54, 1.807) is 0 Å². The van der Waals surface area contributed by atoms with Gasteiger partial charge in [-0.2, -0.15) is 4.98 Å². The van der Waals surface area contributed by atoms with Gasteiger partial charge in [-0.3, -0.25) is 4.79 Å². The first kappa shape index (κ1) is 15.2. The molecule has 1 N–H and O–H groups in total. The molecule has 1 aromatic carbocycles. The maximum absolute atomic E-state index is 11.7. The van der Waals surface area contributed by atoms with Crippen molar-refractivity contribution in [3.8, 4) is 11.4 Å². The number of carbonyl (C=O) groups excluding carboxylic acids is 1. The van der Waals surface area contributed by atoms with Gasteiger partial charge in [-0.25, -0.2) is 0 Å². The Bertz CT molecular complexity index is 590. The molecule has 0 aliphatic heterocycles. The third-order valence-corrected chi connectivity index (χ3v) is 3.26. The van der Waals surface area contributed by atoms with Crippen LogP contribution in [-0.4, -0.2) is 16.0 Å². The molecule has 0 bridgehead atoms. The standard InChI is InChI=1S/C16H21N3O2/c1-4-5-6-14(20)17-12(3)16-18-15(19-21-16)13-9-7-11(2)8-10-13/h7-10,12H,4-6H2,1-3H3,(H,17,20)/t12-/m1/s1. The second-order valence-corrected chi connectivity index (χ2v) is 5.22. The van der Waals surface area contributed by atoms with Gasteiger partial charge in [-0.05, 0) is 20.3 Å². The predicted octanol–water partition coefficient (Wildman–Crippen LogP) is 3.41. The average molecular weight is 287 g/mol. The minimum Gasteiger partial charge on any atom is -0.345 e. The minimum atomic E-state index is -0.277. The lowest BCUT2D eigenvalue weighted by Gasteiger charge is -2.08. The largest absolute Gasteiger partial charge is 0.345 e. The van der Waals surface area contributed by atoms with Crippen LogP contribution in [0.4, 0.5) is 0 Å². The number of rotatable bonds is 6. The van der Waals surface area contributed by atoms with Crippen LogP contribution in [0, 0.1) is 6.92 Å². The molecule has 5 nitrogen and oxygen atoms in total. The number of nitrogens with one attached hydrogen (secondary N) is 1. The van der Waals surface area contributed by atoms with Crippen molar-refractivity contribution in [2.24, 2.45) is 0 Å². The van der Waals surface area contributed by atoms with Gasteiger partial charge in [0.05, 0.1) is 0 Å². The fourth-order valence-corrected chi connectivity index (χ4v) is 1.94. The Balaban J connectivity index is 2.02. The normalized spacial score (nSPS) is 12.1. The van der Waals surface area contributed by atoms with Crippen molar-refractivity contribution in [1.29, 1.82) is 0 Å². The first-order valence-corrected chi connectivity index (χ1v) is 7.30. The minimum absolute atomic E-state index is 0.0134. The maximum atomic E-state index is 11.7. The van der Waals surface area contributed by atoms with Gasteiger partial charge in [-0.15, -0.1) is 0 Å². The Morgan fingerprint density at radius 3 is 2.71 bits per heavy atom. The topological polar surface area (TPSA) is 68.0 Å². The van der Waals surface area contributed by atoms with E-state index in [2.05, 4.69) is 22.4 Å². The quantitative estimate of drug-likeness (QED) is 0.884. The molecule has 0 aliphatic carbocycles. The molecule has 0 spiro atoms. The molecule has 1 heterocycles. The summed E-state index contributed by atoms with van der Waals surface area (Å²) in [5, 5.41) is 6.84. The third kappa shape index (κ3) is 4.15. The van der Waals surface area contributed by atoms with Crippen LogP contribution in [0.5, 0.6) is 0 Å². The van der Waals surface area contributed by atoms with Crippen molar-refractivity contribution in [2.75, 3.05) is 0 Å². The predicted molar refractivity (Wildman–Crippen MR) is 80.6 cm³/mol. The highest BCUT2D eigenvalue weighted by atomic mass is 16.5. The van der Waals surface area contributed by atoms with Gasteiger partial charge >= 0.3 is 0 Å². The number of benzene rings is 1. The molecule has 0 unspecified atom stereocenters. The fraction of sp³-hybridized carbons (Fsp3) is 0.438. The van der Waals surface area contributed by atoms with Crippen LogP contribution >= 0.6 is 0 Å². The van der Waals surface area contributed by atoms with Gasteiger partial charge in [-0.1, -0.05) is 48.3 Å². The molecule has 2 rings (SSSR count). The monoisotopic (exact) mass is 287 g/mol. The van der Waals surface area contributed by atoms with Gasteiger partial charge < -0.3 is 9.84 Å². The summed E-state index contributed by atoms with van der Waals surface area (Å²) in [5.41, 5.74) is 2.08. The molecule has 0 fully saturated rings. The Labute approximate surface area is 124 Å². The molecular weight excluding hydrogens is 266 g/mol. The molecule has 0 aliphatic rings. The van der Waals surface area contributed by atoms with Crippen LogP contribution in [0.25, 0.3) is 11.4 Å². The molecule has 1 aromatic heterocycles. The van der Waals surface area contributed by atoms with Gasteiger partial charge in [0.2, 0.25) is 17.6 Å². The number of hydrogen-bond acceptors (Lipinski definition) is 4. The van der Waals surface area contributed by atoms with Gasteiger partial charge in [0.1, 0.15) is 6.04 Å². The van der Waals surface area contributed by atoms with Crippen molar-refractivity contribution in [3.63, 3.8) is 0 Å². The van der Waals surface area contributed by atoms with E-state index in [1.165, 1.54) is 5.56 Å². The second-order valence-electron chi connectivity index (χ2n) is 5.22. The van der Waals surface area contributed by atoms with Crippen molar-refractivity contribution in [1.82, 2.24) is 15.5 Å². The number of carbonyl (C=O) groups is 1. The Morgan fingerprint density at radius 2 is 2.05 bits per heavy atom. The number of aryl methyl sites for hydroxylation is 1. The number of amides is 1. The van der Waals surface area contributed by atoms with Crippen molar-refractivity contribution < 1.29 is 9.32 Å². The van der Waals surface area contributed by atoms with Crippen LogP contribution in [0.15, 0.2) is 28.8 Å². The molecule has 21 heavy (non-hydrogen) atoms. The summed E-state index contributed by atoms with van der Waals surface area (Å²) in [6.45, 7) is 5.93. The van der Waals surface area contributed by atoms with Gasteiger partial charge in [0, 0.05) is 12.0 Å². The van der Waals surface area contributed by atoms with E-state index in [9.17, 15) is 4.79 Å². The van der Waals surface area contributed by atoms with E-state index in [4.69, 9.17) is 4.52 Å². The van der Waals surface area contributed by atoms with Crippen LogP contribution in [0.1, 0.15) is 50.6 Å². The van der Waals surface area contributed by atoms with E-state index in [0.717, 1.165) is 18.4 Å². The summed E-state index contributed by atoms with van der Waals surface area (Å²) in [4.78, 5) is 16.0. The third-order valence-electron chi connectivity index (χ3n) is 3.26. The Morgan fingerprint density at radius 1 is 1.33 bits per heavy atom. The zero-order chi connectivity index (χ0) is 15.2. The van der Waals surface area contributed by atoms with E-state index in [0.29, 0.717) is 18.1 Å². The van der Waals surface area contributed by atoms with Crippen molar-refractivity contribution in [3.05, 3.63) is 35.7 Å². The Hall–Kier alpha value is -2.17. The zero-order valence-electron chi connectivity index (χ0n) is 12.7. The summed E-state index contributed by atoms with van der Waals surface area (Å²) < 4.78 is 5.24. The maximum Gasteiger partial charge on any atom is 0.249 e. The number of aromatic nitrogens is 2. The zero-order valence-corrected chi connectivity index (χ0v) is 12.7. The van der Waals surface area contributed by atoms with E-state index in [-0.39, 0.29) is 11.9 Å². The summed E-state index contributed by atoms with van der Waals surface area (Å²) in [5.74, 6) is 0.981. The van der Waals surface area contributed by atoms with Crippen LogP contribution in [-0.2, 0) is 4.79 Å². The molecule has 0 radical (unpaired) electrons. The first-order valence-electron chi connectivity index (χ1n) is 7.30. The lowest BCUT2D eigenvalue weighted by Crippen LogP contribution is -2.26. The fourth-order valence-electron chi connectivity index (χ4n) is 1.94. The number of hydrogen-bond donors (Lipinski definition) is 1. The van der Waals surface area contributed by atoms with Gasteiger partial charge in [0.25, 0.3) is 0 Å². The summed E-state index contributed by atoms with van der Waals surface area (Å²) >= 11 is 0. The molecule has 1 atom stereocenters. The molecular formula is C16H21N3O2. The van der Waals surface area contributed by atoms with Crippen LogP contribution in [0.3, 0.4) is 0 Å². The Kier molecular flexibility index (Phi) is 5.09. The first-order chi connectivity index (χ1) is 10.1. The molecule has 1 amide bonds. The van der Waals surface area contributed by atoms with Crippen molar-refractivity contribution >= 4 is 5.91 Å². The molecule has 2 aromatic rings. The number of unbranched alkanes of at least 4 members (excludes halogenated alkanes) is 1. The summed E-state index contributed by atoms with van der Waals surface area (Å²) in [7, 11) is 0. The van der Waals surface area contributed by atoms with Gasteiger partial charge in [0.15, 0.2) is 0 Å². The van der Waals surface area contributed by atoms with E-state index in [1.807, 2.05) is 38.1 Å². The van der Waals surface area contributed by atoms with E-state index >= 15 is 0 Å². The lowest BCUT2D eigenvalue weighted by atomic mass is 10.1. The highest BCUT2D eigenvalue weighted by molar-refractivity contribution is 5.76. The lowest BCUT2D eigenvalue weighted by molar-refractivity contribution is -0.122. The highest BCUT2D eigenvalue weighted by Crippen LogP contribution is 2.19. The smallest absolute Gasteiger partial charge is 0.249 e. The van der Waals surface area contributed by atoms with Crippen LogP contribution in [0.2, 0.25) is 0 Å². The highest BCUT2D eigenvalue weighted by Gasteiger charge is 2.16. The van der Waals surface area contributed by atoms with Crippen molar-refractivity contribution in [2.45, 2.75) is 46.1 Å². The molecule has 112 valence electrons. The number of nitrogens with zero attached hydrogens (tertiary/aromatic N) is 2. The summed E-state index contributed by atoms with van der Waals surface area (Å²) in [6.07, 6.45) is 2.41. The SMILES string of the molecule is CCCCC(=O)N[C@H](C)c1nc(-c2ccc(C)cc2)no1. The molecule has 0 saturated carbocycles. The van der Waals surface area contributed by atoms with E-state index < -0.39 is 0 Å². The van der Waals surface area contributed by atoms with Crippen LogP contribution < -0.4 is 5.32 Å².